The normalized spacial score (nSPS) is 12.6. The van der Waals surface area contributed by atoms with Gasteiger partial charge in [-0.25, -0.2) is 8.42 Å². The average molecular weight is 311 g/mol. The predicted octanol–water partition coefficient (Wildman–Crippen LogP) is 1.01. The lowest BCUT2D eigenvalue weighted by Crippen LogP contribution is -2.33. The fraction of sp³-hybridized carbons (Fsp3) is 0.500. The van der Waals surface area contributed by atoms with Crippen molar-refractivity contribution in [1.82, 2.24) is 0 Å². The molecular formula is C12H19F2NO4S. The number of aliphatic hydroxyl groups is 1. The van der Waals surface area contributed by atoms with E-state index in [0.29, 0.717) is 0 Å². The summed E-state index contributed by atoms with van der Waals surface area (Å²) in [4.78, 5) is 0. The summed E-state index contributed by atoms with van der Waals surface area (Å²) in [6.07, 6.45) is 0. The number of hydrogen-bond donors (Lipinski definition) is 1. The third-order valence-corrected chi connectivity index (χ3v) is 2.91. The molecule has 1 aromatic rings. The topological polar surface area (TPSA) is 77.4 Å². The van der Waals surface area contributed by atoms with Crippen molar-refractivity contribution < 1.29 is 31.3 Å². The number of benzene rings is 1. The van der Waals surface area contributed by atoms with Crippen LogP contribution in [0.1, 0.15) is 5.56 Å². The summed E-state index contributed by atoms with van der Waals surface area (Å²) in [6.45, 7) is -0.875. The van der Waals surface area contributed by atoms with Gasteiger partial charge in [0.15, 0.2) is 10.1 Å². The maximum absolute atomic E-state index is 11.5. The molecule has 8 heteroatoms. The molecule has 0 aliphatic carbocycles. The first-order valence-corrected chi connectivity index (χ1v) is 7.08. The van der Waals surface area contributed by atoms with E-state index in [-0.39, 0.29) is 0 Å². The fourth-order valence-corrected chi connectivity index (χ4v) is 1.37. The molecular weight excluding hydrogens is 292 g/mol. The van der Waals surface area contributed by atoms with Crippen LogP contribution < -0.4 is 0 Å². The number of rotatable bonds is 4. The van der Waals surface area contributed by atoms with Crippen LogP contribution in [-0.4, -0.2) is 55.6 Å². The fourth-order valence-electron chi connectivity index (χ4n) is 1.21. The number of nitrogens with zero attached hydrogens (tertiary/aromatic N) is 1. The van der Waals surface area contributed by atoms with Gasteiger partial charge in [0.25, 0.3) is 0 Å². The highest BCUT2D eigenvalue weighted by molar-refractivity contribution is 7.86. The Morgan fingerprint density at radius 2 is 1.65 bits per heavy atom. The maximum atomic E-state index is 11.5. The summed E-state index contributed by atoms with van der Waals surface area (Å²) in [7, 11) is 0.918. The molecule has 0 aromatic heterocycles. The Hall–Kier alpha value is -1.09. The summed E-state index contributed by atoms with van der Waals surface area (Å²) in [6, 6.07) is 10.6. The summed E-state index contributed by atoms with van der Waals surface area (Å²) in [5.41, 5.74) is 1.40. The summed E-state index contributed by atoms with van der Waals surface area (Å²) in [5.74, 6) is 0. The molecule has 0 spiro atoms. The molecule has 1 aromatic carbocycles. The second-order valence-corrected chi connectivity index (χ2v) is 6.69. The molecule has 0 fully saturated rings. The highest BCUT2D eigenvalue weighted by Crippen LogP contribution is 2.18. The van der Waals surface area contributed by atoms with E-state index in [1.54, 1.807) is 0 Å². The Kier molecular flexibility index (Phi) is 6.69. The Bertz CT molecular complexity index is 498. The zero-order chi connectivity index (χ0) is 16.0. The third-order valence-electron chi connectivity index (χ3n) is 2.05. The van der Waals surface area contributed by atoms with Crippen molar-refractivity contribution in [2.75, 3.05) is 27.7 Å². The lowest BCUT2D eigenvalue weighted by Gasteiger charge is -2.23. The molecule has 0 heterocycles. The van der Waals surface area contributed by atoms with Crippen LogP contribution in [0.5, 0.6) is 0 Å². The van der Waals surface area contributed by atoms with Gasteiger partial charge in [-0.15, -0.1) is 0 Å². The lowest BCUT2D eigenvalue weighted by molar-refractivity contribution is -0.884. The standard InChI is InChI=1S/C10H16N.C2H4F2O4S/c1-11(2,3)9-10-7-5-4-6-8-10;3-2(4,1-5)9(6,7)8/h4-8H,9H2,1-3H3;5H,1H2,(H,6,7,8)/q+1;/p-1. The van der Waals surface area contributed by atoms with Crippen LogP contribution in [0.2, 0.25) is 0 Å². The van der Waals surface area contributed by atoms with Gasteiger partial charge < -0.3 is 14.1 Å². The van der Waals surface area contributed by atoms with Crippen LogP contribution in [0.25, 0.3) is 0 Å². The Labute approximate surface area is 117 Å². The SMILES string of the molecule is C[N+](C)(C)Cc1ccccc1.O=S(=O)([O-])C(F)(F)CO. The largest absolute Gasteiger partial charge is 0.743 e. The summed E-state index contributed by atoms with van der Waals surface area (Å²) in [5, 5.41) is 3.05. The quantitative estimate of drug-likeness (QED) is 0.665. The molecule has 1 N–H and O–H groups in total. The van der Waals surface area contributed by atoms with E-state index in [4.69, 9.17) is 5.11 Å². The zero-order valence-corrected chi connectivity index (χ0v) is 12.4. The summed E-state index contributed by atoms with van der Waals surface area (Å²) < 4.78 is 52.3. The average Bonchev–Trinajstić information content (AvgIpc) is 2.27. The Morgan fingerprint density at radius 3 is 1.90 bits per heavy atom. The smallest absolute Gasteiger partial charge is 0.356 e. The minimum Gasteiger partial charge on any atom is -0.743 e. The van der Waals surface area contributed by atoms with Crippen molar-refractivity contribution in [1.29, 1.82) is 0 Å². The monoisotopic (exact) mass is 311 g/mol. The van der Waals surface area contributed by atoms with Gasteiger partial charge in [0.1, 0.15) is 13.2 Å². The van der Waals surface area contributed by atoms with Crippen molar-refractivity contribution in [2.45, 2.75) is 11.8 Å². The van der Waals surface area contributed by atoms with Crippen LogP contribution in [0, 0.1) is 0 Å². The first-order chi connectivity index (χ1) is 8.89. The lowest BCUT2D eigenvalue weighted by atomic mass is 10.2. The van der Waals surface area contributed by atoms with E-state index in [1.807, 2.05) is 0 Å². The van der Waals surface area contributed by atoms with E-state index < -0.39 is 22.0 Å². The Balaban J connectivity index is 0.000000370. The van der Waals surface area contributed by atoms with E-state index in [9.17, 15) is 21.8 Å². The maximum Gasteiger partial charge on any atom is 0.356 e. The molecule has 116 valence electrons. The van der Waals surface area contributed by atoms with Gasteiger partial charge in [-0.3, -0.25) is 0 Å². The van der Waals surface area contributed by atoms with Crippen molar-refractivity contribution in [3.8, 4) is 0 Å². The van der Waals surface area contributed by atoms with Crippen LogP contribution in [0.15, 0.2) is 30.3 Å². The van der Waals surface area contributed by atoms with Crippen LogP contribution >= 0.6 is 0 Å². The minimum absolute atomic E-state index is 0.990. The van der Waals surface area contributed by atoms with Crippen molar-refractivity contribution >= 4 is 10.1 Å². The van der Waals surface area contributed by atoms with Gasteiger partial charge >= 0.3 is 5.25 Å². The van der Waals surface area contributed by atoms with Crippen molar-refractivity contribution in [3.05, 3.63) is 35.9 Å². The van der Waals surface area contributed by atoms with Crippen LogP contribution in [0.3, 0.4) is 0 Å². The molecule has 0 amide bonds. The molecule has 0 radical (unpaired) electrons. The van der Waals surface area contributed by atoms with Crippen LogP contribution in [-0.2, 0) is 16.7 Å². The molecule has 0 unspecified atom stereocenters. The second kappa shape index (κ2) is 7.07. The molecule has 1 rings (SSSR count). The molecule has 0 saturated carbocycles. The number of quaternary nitrogens is 1. The Morgan fingerprint density at radius 1 is 1.20 bits per heavy atom. The molecule has 20 heavy (non-hydrogen) atoms. The van der Waals surface area contributed by atoms with Crippen molar-refractivity contribution in [2.24, 2.45) is 0 Å². The van der Waals surface area contributed by atoms with Gasteiger partial charge in [0, 0.05) is 5.56 Å². The van der Waals surface area contributed by atoms with Gasteiger partial charge in [0.2, 0.25) is 0 Å². The second-order valence-electron chi connectivity index (χ2n) is 5.18. The van der Waals surface area contributed by atoms with Crippen LogP contribution in [0.4, 0.5) is 8.78 Å². The molecule has 0 bridgehead atoms. The summed E-state index contributed by atoms with van der Waals surface area (Å²) >= 11 is 0. The highest BCUT2D eigenvalue weighted by atomic mass is 32.2. The van der Waals surface area contributed by atoms with Gasteiger partial charge in [0.05, 0.1) is 21.1 Å². The van der Waals surface area contributed by atoms with Crippen molar-refractivity contribution in [3.63, 3.8) is 0 Å². The minimum atomic E-state index is -5.69. The predicted molar refractivity (Wildman–Crippen MR) is 69.9 cm³/mol. The molecule has 0 aliphatic rings. The molecule has 0 atom stereocenters. The highest BCUT2D eigenvalue weighted by Gasteiger charge is 2.36. The number of halogens is 2. The first-order valence-electron chi connectivity index (χ1n) is 5.67. The third kappa shape index (κ3) is 7.49. The van der Waals surface area contributed by atoms with Gasteiger partial charge in [-0.05, 0) is 0 Å². The number of hydrogen-bond acceptors (Lipinski definition) is 4. The van der Waals surface area contributed by atoms with E-state index in [2.05, 4.69) is 51.5 Å². The first kappa shape index (κ1) is 18.9. The van der Waals surface area contributed by atoms with Gasteiger partial charge in [-0.1, -0.05) is 30.3 Å². The van der Waals surface area contributed by atoms with E-state index in [1.165, 1.54) is 5.56 Å². The van der Waals surface area contributed by atoms with E-state index in [0.717, 1.165) is 11.0 Å². The number of alkyl halides is 2. The van der Waals surface area contributed by atoms with E-state index >= 15 is 0 Å². The molecule has 5 nitrogen and oxygen atoms in total. The molecule has 0 saturated heterocycles. The zero-order valence-electron chi connectivity index (χ0n) is 11.6. The molecule has 0 aliphatic heterocycles. The number of aliphatic hydroxyl groups excluding tert-OH is 1. The van der Waals surface area contributed by atoms with Gasteiger partial charge in [-0.2, -0.15) is 8.78 Å².